The monoisotopic (exact) mass is 437 g/mol. The van der Waals surface area contributed by atoms with Crippen molar-refractivity contribution in [2.75, 3.05) is 6.54 Å². The van der Waals surface area contributed by atoms with Gasteiger partial charge in [-0.3, -0.25) is 9.59 Å². The molecule has 0 spiro atoms. The first-order valence-electron chi connectivity index (χ1n) is 11.5. The molecule has 2 fully saturated rings. The molecule has 1 heterocycles. The van der Waals surface area contributed by atoms with Crippen LogP contribution in [0.15, 0.2) is 42.5 Å². The van der Waals surface area contributed by atoms with Crippen LogP contribution in [0.1, 0.15) is 55.3 Å². The molecule has 0 radical (unpaired) electrons. The number of nitrogens with zero attached hydrogens (tertiary/aromatic N) is 1. The third-order valence-electron chi connectivity index (χ3n) is 6.81. The maximum atomic E-state index is 13.5. The highest BCUT2D eigenvalue weighted by atomic mass is 16.4. The van der Waals surface area contributed by atoms with Gasteiger partial charge in [-0.15, -0.1) is 0 Å². The lowest BCUT2D eigenvalue weighted by Crippen LogP contribution is -2.52. The van der Waals surface area contributed by atoms with Crippen LogP contribution in [0.4, 0.5) is 0 Å². The number of nitrogens with two attached hydrogens (primary N) is 1. The fourth-order valence-electron chi connectivity index (χ4n) is 5.10. The largest absolute Gasteiger partial charge is 0.480 e. The van der Waals surface area contributed by atoms with E-state index >= 15 is 0 Å². The minimum absolute atomic E-state index is 0.197. The summed E-state index contributed by atoms with van der Waals surface area (Å²) in [5.74, 6) is -1.37. The summed E-state index contributed by atoms with van der Waals surface area (Å²) in [4.78, 5) is 39.6. The first-order valence-corrected chi connectivity index (χ1v) is 11.5. The van der Waals surface area contributed by atoms with E-state index in [0.717, 1.165) is 36.5 Å². The van der Waals surface area contributed by atoms with Gasteiger partial charge in [0.2, 0.25) is 5.91 Å². The molecular formula is C25H31N3O4. The third kappa shape index (κ3) is 4.93. The SMILES string of the molecule is N[C@H]1C[C@@H](C(=O)O)N(C(=O)[C@@H](CC2CCCCC2)NC(=O)c2ccc3ccccc3c2)C1. The first kappa shape index (κ1) is 22.3. The zero-order valence-electron chi connectivity index (χ0n) is 18.2. The number of likely N-dealkylation sites (tertiary alicyclic amines) is 1. The second-order valence-corrected chi connectivity index (χ2v) is 9.17. The summed E-state index contributed by atoms with van der Waals surface area (Å²) in [5, 5.41) is 14.5. The molecule has 1 aliphatic heterocycles. The van der Waals surface area contributed by atoms with Gasteiger partial charge >= 0.3 is 5.97 Å². The van der Waals surface area contributed by atoms with E-state index in [-0.39, 0.29) is 30.8 Å². The summed E-state index contributed by atoms with van der Waals surface area (Å²) < 4.78 is 0. The van der Waals surface area contributed by atoms with Crippen molar-refractivity contribution < 1.29 is 19.5 Å². The van der Waals surface area contributed by atoms with Crippen molar-refractivity contribution >= 4 is 28.6 Å². The standard InChI is InChI=1S/C25H31N3O4/c26-20-14-22(25(31)32)28(15-20)24(30)21(12-16-6-2-1-3-7-16)27-23(29)19-11-10-17-8-4-5-9-18(17)13-19/h4-5,8-11,13,16,20-22H,1-3,6-7,12,14-15,26H2,(H,27,29)(H,31,32)/t20-,21+,22-/m0/s1. The summed E-state index contributed by atoms with van der Waals surface area (Å²) >= 11 is 0. The number of benzene rings is 2. The van der Waals surface area contributed by atoms with E-state index in [2.05, 4.69) is 5.32 Å². The summed E-state index contributed by atoms with van der Waals surface area (Å²) in [7, 11) is 0. The fraction of sp³-hybridized carbons (Fsp3) is 0.480. The lowest BCUT2D eigenvalue weighted by Gasteiger charge is -2.31. The second-order valence-electron chi connectivity index (χ2n) is 9.17. The zero-order valence-corrected chi connectivity index (χ0v) is 18.2. The van der Waals surface area contributed by atoms with Crippen LogP contribution in [0.25, 0.3) is 10.8 Å². The number of aliphatic carboxylic acids is 1. The van der Waals surface area contributed by atoms with Gasteiger partial charge in [0, 0.05) is 18.2 Å². The Kier molecular flexibility index (Phi) is 6.74. The average molecular weight is 438 g/mol. The molecule has 2 aliphatic rings. The van der Waals surface area contributed by atoms with Gasteiger partial charge in [-0.2, -0.15) is 0 Å². The van der Waals surface area contributed by atoms with E-state index in [1.165, 1.54) is 11.3 Å². The maximum Gasteiger partial charge on any atom is 0.326 e. The van der Waals surface area contributed by atoms with Crippen molar-refractivity contribution in [3.8, 4) is 0 Å². The molecule has 3 atom stereocenters. The van der Waals surface area contributed by atoms with E-state index in [4.69, 9.17) is 5.73 Å². The number of carbonyl (C=O) groups is 3. The Morgan fingerprint density at radius 2 is 1.78 bits per heavy atom. The Balaban J connectivity index is 1.55. The van der Waals surface area contributed by atoms with Crippen molar-refractivity contribution in [1.29, 1.82) is 0 Å². The number of rotatable bonds is 6. The van der Waals surface area contributed by atoms with Crippen LogP contribution >= 0.6 is 0 Å². The van der Waals surface area contributed by atoms with Gasteiger partial charge in [0.15, 0.2) is 0 Å². The Hall–Kier alpha value is -2.93. The van der Waals surface area contributed by atoms with Crippen molar-refractivity contribution in [2.45, 2.75) is 63.1 Å². The molecule has 2 amide bonds. The Morgan fingerprint density at radius 3 is 2.50 bits per heavy atom. The average Bonchev–Trinajstić information content (AvgIpc) is 3.20. The summed E-state index contributed by atoms with van der Waals surface area (Å²) in [6, 6.07) is 11.2. The Labute approximate surface area is 188 Å². The van der Waals surface area contributed by atoms with Gasteiger partial charge in [0.25, 0.3) is 5.91 Å². The molecule has 4 N–H and O–H groups in total. The van der Waals surface area contributed by atoms with Crippen molar-refractivity contribution in [1.82, 2.24) is 10.2 Å². The Morgan fingerprint density at radius 1 is 1.06 bits per heavy atom. The molecule has 7 heteroatoms. The van der Waals surface area contributed by atoms with Crippen molar-refractivity contribution in [2.24, 2.45) is 11.7 Å². The fourth-order valence-corrected chi connectivity index (χ4v) is 5.10. The van der Waals surface area contributed by atoms with Gasteiger partial charge in [-0.05, 0) is 41.7 Å². The van der Waals surface area contributed by atoms with Crippen LogP contribution in [-0.4, -0.2) is 52.5 Å². The molecule has 1 aliphatic carbocycles. The highest BCUT2D eigenvalue weighted by Crippen LogP contribution is 2.29. The van der Waals surface area contributed by atoms with Crippen LogP contribution in [0, 0.1) is 5.92 Å². The molecule has 0 aromatic heterocycles. The number of carbonyl (C=O) groups excluding carboxylic acids is 2. The quantitative estimate of drug-likeness (QED) is 0.643. The van der Waals surface area contributed by atoms with Crippen molar-refractivity contribution in [3.63, 3.8) is 0 Å². The number of amides is 2. The minimum Gasteiger partial charge on any atom is -0.480 e. The molecule has 7 nitrogen and oxygen atoms in total. The lowest BCUT2D eigenvalue weighted by molar-refractivity contribution is -0.149. The number of carboxylic acid groups (broad SMARTS) is 1. The van der Waals surface area contributed by atoms with Crippen LogP contribution in [0.2, 0.25) is 0 Å². The molecule has 170 valence electrons. The number of carboxylic acids is 1. The van der Waals surface area contributed by atoms with Gasteiger partial charge < -0.3 is 21.1 Å². The van der Waals surface area contributed by atoms with Gasteiger partial charge in [0.1, 0.15) is 12.1 Å². The van der Waals surface area contributed by atoms with E-state index in [0.29, 0.717) is 17.9 Å². The van der Waals surface area contributed by atoms with Crippen LogP contribution in [0.3, 0.4) is 0 Å². The van der Waals surface area contributed by atoms with Gasteiger partial charge in [0.05, 0.1) is 0 Å². The third-order valence-corrected chi connectivity index (χ3v) is 6.81. The molecular weight excluding hydrogens is 406 g/mol. The summed E-state index contributed by atoms with van der Waals surface area (Å²) in [5.41, 5.74) is 6.46. The second kappa shape index (κ2) is 9.69. The normalized spacial score (nSPS) is 22.6. The molecule has 0 unspecified atom stereocenters. The molecule has 2 aromatic rings. The Bertz CT molecular complexity index is 1000. The van der Waals surface area contributed by atoms with Gasteiger partial charge in [-0.25, -0.2) is 4.79 Å². The summed E-state index contributed by atoms with van der Waals surface area (Å²) in [6.07, 6.45) is 6.24. The molecule has 1 saturated heterocycles. The van der Waals surface area contributed by atoms with Crippen molar-refractivity contribution in [3.05, 3.63) is 48.0 Å². The first-order chi connectivity index (χ1) is 15.4. The van der Waals surface area contributed by atoms with Crippen LogP contribution in [0.5, 0.6) is 0 Å². The van der Waals surface area contributed by atoms with Crippen LogP contribution < -0.4 is 11.1 Å². The highest BCUT2D eigenvalue weighted by Gasteiger charge is 2.41. The van der Waals surface area contributed by atoms with E-state index in [1.54, 1.807) is 6.07 Å². The number of nitrogens with one attached hydrogen (secondary N) is 1. The van der Waals surface area contributed by atoms with E-state index < -0.39 is 18.1 Å². The maximum absolute atomic E-state index is 13.5. The molecule has 32 heavy (non-hydrogen) atoms. The van der Waals surface area contributed by atoms with Gasteiger partial charge in [-0.1, -0.05) is 62.4 Å². The van der Waals surface area contributed by atoms with Crippen LogP contribution in [-0.2, 0) is 9.59 Å². The van der Waals surface area contributed by atoms with E-state index in [9.17, 15) is 19.5 Å². The number of hydrogen-bond donors (Lipinski definition) is 3. The highest BCUT2D eigenvalue weighted by molar-refractivity contribution is 6.01. The predicted molar refractivity (Wildman–Crippen MR) is 122 cm³/mol. The number of fused-ring (bicyclic) bond motifs is 1. The topological polar surface area (TPSA) is 113 Å². The molecule has 1 saturated carbocycles. The lowest BCUT2D eigenvalue weighted by atomic mass is 9.84. The minimum atomic E-state index is -1.05. The smallest absolute Gasteiger partial charge is 0.326 e. The molecule has 4 rings (SSSR count). The summed E-state index contributed by atoms with van der Waals surface area (Å²) in [6.45, 7) is 0.197. The number of hydrogen-bond acceptors (Lipinski definition) is 4. The predicted octanol–water partition coefficient (Wildman–Crippen LogP) is 2.92. The van der Waals surface area contributed by atoms with E-state index in [1.807, 2.05) is 36.4 Å². The molecule has 2 aromatic carbocycles. The molecule has 0 bridgehead atoms. The zero-order chi connectivity index (χ0) is 22.7.